The highest BCUT2D eigenvalue weighted by Crippen LogP contribution is 2.17. The lowest BCUT2D eigenvalue weighted by atomic mass is 9.93. The van der Waals surface area contributed by atoms with Gasteiger partial charge in [0.15, 0.2) is 0 Å². The standard InChI is InChI=1S/C15H22N2O2/c1-15(2,10-18)9-17-14(19)13-7-11-5-3-4-6-12(11)8-16-13/h3-6,13,16,18H,7-10H2,1-2H3,(H,17,19)/t13-/m1/s1. The molecular weight excluding hydrogens is 240 g/mol. The van der Waals surface area contributed by atoms with Gasteiger partial charge in [-0.25, -0.2) is 0 Å². The number of nitrogens with one attached hydrogen (secondary N) is 2. The zero-order valence-electron chi connectivity index (χ0n) is 11.6. The molecule has 1 heterocycles. The van der Waals surface area contributed by atoms with Gasteiger partial charge in [0.2, 0.25) is 5.91 Å². The van der Waals surface area contributed by atoms with Gasteiger partial charge in [0.05, 0.1) is 6.04 Å². The largest absolute Gasteiger partial charge is 0.396 e. The van der Waals surface area contributed by atoms with Crippen LogP contribution in [-0.4, -0.2) is 30.2 Å². The third-order valence-electron chi connectivity index (χ3n) is 3.57. The van der Waals surface area contributed by atoms with Crippen molar-refractivity contribution in [1.29, 1.82) is 0 Å². The van der Waals surface area contributed by atoms with Gasteiger partial charge in [-0.2, -0.15) is 0 Å². The summed E-state index contributed by atoms with van der Waals surface area (Å²) in [5.41, 5.74) is 2.23. The first-order valence-electron chi connectivity index (χ1n) is 6.70. The third-order valence-corrected chi connectivity index (χ3v) is 3.57. The van der Waals surface area contributed by atoms with Gasteiger partial charge < -0.3 is 15.7 Å². The van der Waals surface area contributed by atoms with E-state index >= 15 is 0 Å². The van der Waals surface area contributed by atoms with E-state index in [1.54, 1.807) is 0 Å². The van der Waals surface area contributed by atoms with Crippen molar-refractivity contribution in [2.45, 2.75) is 32.9 Å². The molecule has 1 atom stereocenters. The molecule has 4 heteroatoms. The summed E-state index contributed by atoms with van der Waals surface area (Å²) in [7, 11) is 0. The van der Waals surface area contributed by atoms with E-state index in [2.05, 4.69) is 22.8 Å². The van der Waals surface area contributed by atoms with Gasteiger partial charge in [-0.3, -0.25) is 4.79 Å². The minimum Gasteiger partial charge on any atom is -0.396 e. The number of benzene rings is 1. The summed E-state index contributed by atoms with van der Waals surface area (Å²) >= 11 is 0. The molecular formula is C15H22N2O2. The minimum absolute atomic E-state index is 0.0102. The molecule has 1 amide bonds. The predicted molar refractivity (Wildman–Crippen MR) is 74.7 cm³/mol. The highest BCUT2D eigenvalue weighted by atomic mass is 16.3. The predicted octanol–water partition coefficient (Wildman–Crippen LogP) is 0.836. The summed E-state index contributed by atoms with van der Waals surface area (Å²) in [6.07, 6.45) is 0.724. The first-order valence-corrected chi connectivity index (χ1v) is 6.70. The van der Waals surface area contributed by atoms with Gasteiger partial charge in [-0.15, -0.1) is 0 Å². The number of rotatable bonds is 4. The van der Waals surface area contributed by atoms with E-state index in [0.717, 1.165) is 13.0 Å². The fraction of sp³-hybridized carbons (Fsp3) is 0.533. The minimum atomic E-state index is -0.276. The molecule has 0 spiro atoms. The van der Waals surface area contributed by atoms with Crippen molar-refractivity contribution in [2.75, 3.05) is 13.2 Å². The SMILES string of the molecule is CC(C)(CO)CNC(=O)[C@H]1Cc2ccccc2CN1. The molecule has 0 bridgehead atoms. The third kappa shape index (κ3) is 3.55. The van der Waals surface area contributed by atoms with Crippen LogP contribution in [0.1, 0.15) is 25.0 Å². The van der Waals surface area contributed by atoms with Crippen molar-refractivity contribution >= 4 is 5.91 Å². The lowest BCUT2D eigenvalue weighted by Crippen LogP contribution is -2.49. The Hall–Kier alpha value is -1.39. The molecule has 2 rings (SSSR count). The summed E-state index contributed by atoms with van der Waals surface area (Å²) in [5.74, 6) is 0.0102. The second kappa shape index (κ2) is 5.72. The summed E-state index contributed by atoms with van der Waals surface area (Å²) in [4.78, 5) is 12.1. The Balaban J connectivity index is 1.92. The number of amides is 1. The van der Waals surface area contributed by atoms with Gasteiger partial charge in [-0.1, -0.05) is 38.1 Å². The van der Waals surface area contributed by atoms with E-state index in [9.17, 15) is 9.90 Å². The van der Waals surface area contributed by atoms with Crippen molar-refractivity contribution in [3.05, 3.63) is 35.4 Å². The van der Waals surface area contributed by atoms with Gasteiger partial charge in [0.25, 0.3) is 0 Å². The summed E-state index contributed by atoms with van der Waals surface area (Å²) in [6.45, 7) is 5.14. The summed E-state index contributed by atoms with van der Waals surface area (Å²) < 4.78 is 0. The van der Waals surface area contributed by atoms with Crippen molar-refractivity contribution in [1.82, 2.24) is 10.6 Å². The molecule has 4 nitrogen and oxygen atoms in total. The van der Waals surface area contributed by atoms with E-state index in [1.165, 1.54) is 11.1 Å². The Bertz CT molecular complexity index is 457. The van der Waals surface area contributed by atoms with Crippen LogP contribution >= 0.6 is 0 Å². The molecule has 1 aliphatic heterocycles. The van der Waals surface area contributed by atoms with Crippen molar-refractivity contribution in [3.63, 3.8) is 0 Å². The van der Waals surface area contributed by atoms with Crippen molar-refractivity contribution < 1.29 is 9.90 Å². The van der Waals surface area contributed by atoms with Crippen molar-refractivity contribution in [2.24, 2.45) is 5.41 Å². The van der Waals surface area contributed by atoms with Crippen LogP contribution in [0.15, 0.2) is 24.3 Å². The molecule has 19 heavy (non-hydrogen) atoms. The molecule has 0 fully saturated rings. The molecule has 0 unspecified atom stereocenters. The number of hydrogen-bond donors (Lipinski definition) is 3. The Morgan fingerprint density at radius 3 is 2.79 bits per heavy atom. The van der Waals surface area contributed by atoms with E-state index in [4.69, 9.17) is 0 Å². The zero-order valence-corrected chi connectivity index (χ0v) is 11.6. The van der Waals surface area contributed by atoms with Crippen LogP contribution in [0, 0.1) is 5.41 Å². The van der Waals surface area contributed by atoms with Crippen LogP contribution in [0.4, 0.5) is 0 Å². The summed E-state index contributed by atoms with van der Waals surface area (Å²) in [6, 6.07) is 8.02. The van der Waals surface area contributed by atoms with Gasteiger partial charge in [0.1, 0.15) is 0 Å². The number of carbonyl (C=O) groups is 1. The maximum Gasteiger partial charge on any atom is 0.237 e. The topological polar surface area (TPSA) is 61.4 Å². The molecule has 1 aromatic rings. The normalized spacial score (nSPS) is 18.8. The highest BCUT2D eigenvalue weighted by Gasteiger charge is 2.25. The van der Waals surface area contributed by atoms with Gasteiger partial charge >= 0.3 is 0 Å². The van der Waals surface area contributed by atoms with Crippen LogP contribution in [-0.2, 0) is 17.8 Å². The van der Waals surface area contributed by atoms with E-state index < -0.39 is 0 Å². The molecule has 0 aromatic heterocycles. The monoisotopic (exact) mass is 262 g/mol. The fourth-order valence-electron chi connectivity index (χ4n) is 2.15. The van der Waals surface area contributed by atoms with Crippen LogP contribution in [0.3, 0.4) is 0 Å². The van der Waals surface area contributed by atoms with Gasteiger partial charge in [0, 0.05) is 25.1 Å². The maximum atomic E-state index is 12.1. The second-order valence-electron chi connectivity index (χ2n) is 5.95. The molecule has 0 saturated carbocycles. The first-order chi connectivity index (χ1) is 9.02. The Morgan fingerprint density at radius 2 is 2.11 bits per heavy atom. The molecule has 0 aliphatic carbocycles. The number of hydrogen-bond acceptors (Lipinski definition) is 3. The van der Waals surface area contributed by atoms with Crippen LogP contribution in [0.5, 0.6) is 0 Å². The Kier molecular flexibility index (Phi) is 4.22. The number of fused-ring (bicyclic) bond motifs is 1. The average molecular weight is 262 g/mol. The van der Waals surface area contributed by atoms with Crippen LogP contribution < -0.4 is 10.6 Å². The van der Waals surface area contributed by atoms with E-state index in [1.807, 2.05) is 26.0 Å². The maximum absolute atomic E-state index is 12.1. The molecule has 1 aromatic carbocycles. The quantitative estimate of drug-likeness (QED) is 0.753. The zero-order chi connectivity index (χ0) is 13.9. The van der Waals surface area contributed by atoms with Crippen LogP contribution in [0.2, 0.25) is 0 Å². The molecule has 0 radical (unpaired) electrons. The van der Waals surface area contributed by atoms with Crippen molar-refractivity contribution in [3.8, 4) is 0 Å². The summed E-state index contributed by atoms with van der Waals surface area (Å²) in [5, 5.41) is 15.3. The second-order valence-corrected chi connectivity index (χ2v) is 5.95. The van der Waals surface area contributed by atoms with E-state index in [-0.39, 0.29) is 24.0 Å². The first kappa shape index (κ1) is 14.0. The highest BCUT2D eigenvalue weighted by molar-refractivity contribution is 5.82. The Morgan fingerprint density at radius 1 is 1.42 bits per heavy atom. The Labute approximate surface area is 114 Å². The smallest absolute Gasteiger partial charge is 0.237 e. The molecule has 1 aliphatic rings. The number of carbonyl (C=O) groups excluding carboxylic acids is 1. The number of aliphatic hydroxyl groups excluding tert-OH is 1. The molecule has 3 N–H and O–H groups in total. The average Bonchev–Trinajstić information content (AvgIpc) is 2.44. The molecule has 0 saturated heterocycles. The number of aliphatic hydroxyl groups is 1. The van der Waals surface area contributed by atoms with Gasteiger partial charge in [-0.05, 0) is 17.5 Å². The lowest BCUT2D eigenvalue weighted by molar-refractivity contribution is -0.123. The fourth-order valence-corrected chi connectivity index (χ4v) is 2.15. The lowest BCUT2D eigenvalue weighted by Gasteiger charge is -2.27. The van der Waals surface area contributed by atoms with E-state index in [0.29, 0.717) is 6.54 Å². The molecule has 104 valence electrons. The van der Waals surface area contributed by atoms with Crippen LogP contribution in [0.25, 0.3) is 0 Å².